The SMILES string of the molecule is C=C(C)c1ccc(C(=C)[C@H]2CN(C(=O)OCc3ccccc3)[C@H](C(=O)OCC)[C@H]2CC(=O)OC)cc1. The number of benzene rings is 2. The average molecular weight is 492 g/mol. The van der Waals surface area contributed by atoms with Crippen molar-refractivity contribution >= 4 is 29.2 Å². The van der Waals surface area contributed by atoms with Crippen molar-refractivity contribution in [3.8, 4) is 0 Å². The van der Waals surface area contributed by atoms with Crippen LogP contribution in [0.3, 0.4) is 0 Å². The van der Waals surface area contributed by atoms with Gasteiger partial charge < -0.3 is 14.2 Å². The van der Waals surface area contributed by atoms with Gasteiger partial charge in [-0.3, -0.25) is 9.69 Å². The number of nitrogens with zero attached hydrogens (tertiary/aromatic N) is 1. The van der Waals surface area contributed by atoms with Crippen LogP contribution in [0.2, 0.25) is 0 Å². The van der Waals surface area contributed by atoms with E-state index in [2.05, 4.69) is 13.2 Å². The number of methoxy groups -OCH3 is 1. The number of allylic oxidation sites excluding steroid dienone is 1. The third-order valence-electron chi connectivity index (χ3n) is 6.45. The second-order valence-electron chi connectivity index (χ2n) is 8.82. The van der Waals surface area contributed by atoms with Crippen molar-refractivity contribution in [1.29, 1.82) is 0 Å². The van der Waals surface area contributed by atoms with Gasteiger partial charge >= 0.3 is 18.0 Å². The Hall–Kier alpha value is -3.87. The molecule has 3 rings (SSSR count). The lowest BCUT2D eigenvalue weighted by Gasteiger charge is -2.26. The van der Waals surface area contributed by atoms with Gasteiger partial charge in [-0.25, -0.2) is 9.59 Å². The smallest absolute Gasteiger partial charge is 0.410 e. The molecule has 36 heavy (non-hydrogen) atoms. The fraction of sp³-hybridized carbons (Fsp3) is 0.345. The molecule has 1 fully saturated rings. The summed E-state index contributed by atoms with van der Waals surface area (Å²) in [5.74, 6) is -2.05. The molecule has 3 atom stereocenters. The summed E-state index contributed by atoms with van der Waals surface area (Å²) in [7, 11) is 1.29. The van der Waals surface area contributed by atoms with E-state index in [4.69, 9.17) is 14.2 Å². The van der Waals surface area contributed by atoms with Gasteiger partial charge in [0, 0.05) is 18.4 Å². The summed E-state index contributed by atoms with van der Waals surface area (Å²) < 4.78 is 15.8. The van der Waals surface area contributed by atoms with Crippen LogP contribution in [-0.4, -0.2) is 49.2 Å². The highest BCUT2D eigenvalue weighted by molar-refractivity contribution is 5.85. The van der Waals surface area contributed by atoms with Crippen molar-refractivity contribution in [3.05, 3.63) is 84.4 Å². The van der Waals surface area contributed by atoms with E-state index < -0.39 is 35.9 Å². The molecule has 0 bridgehead atoms. The number of carbonyl (C=O) groups excluding carboxylic acids is 3. The van der Waals surface area contributed by atoms with Crippen LogP contribution in [0.4, 0.5) is 4.79 Å². The number of ether oxygens (including phenoxy) is 3. The lowest BCUT2D eigenvalue weighted by molar-refractivity contribution is -0.150. The van der Waals surface area contributed by atoms with Gasteiger partial charge in [0.05, 0.1) is 20.1 Å². The first-order valence-electron chi connectivity index (χ1n) is 11.9. The second kappa shape index (κ2) is 12.2. The molecule has 7 heteroatoms. The normalized spacial score (nSPS) is 18.9. The van der Waals surface area contributed by atoms with Crippen LogP contribution in [0, 0.1) is 11.8 Å². The molecule has 0 N–H and O–H groups in total. The first kappa shape index (κ1) is 26.7. The lowest BCUT2D eigenvalue weighted by Crippen LogP contribution is -2.45. The number of amides is 1. The fourth-order valence-corrected chi connectivity index (χ4v) is 4.51. The number of hydrogen-bond donors (Lipinski definition) is 0. The number of carbonyl (C=O) groups is 3. The molecule has 0 spiro atoms. The van der Waals surface area contributed by atoms with Gasteiger partial charge in [0.1, 0.15) is 12.6 Å². The number of hydrogen-bond acceptors (Lipinski definition) is 6. The number of likely N-dealkylation sites (tertiary alicyclic amines) is 1. The molecule has 190 valence electrons. The van der Waals surface area contributed by atoms with Crippen LogP contribution < -0.4 is 0 Å². The van der Waals surface area contributed by atoms with E-state index in [9.17, 15) is 14.4 Å². The molecule has 1 aliphatic heterocycles. The van der Waals surface area contributed by atoms with E-state index in [1.165, 1.54) is 12.0 Å². The van der Waals surface area contributed by atoms with E-state index in [0.29, 0.717) is 5.57 Å². The second-order valence-corrected chi connectivity index (χ2v) is 8.82. The predicted molar refractivity (Wildman–Crippen MR) is 138 cm³/mol. The minimum atomic E-state index is -1.01. The maximum absolute atomic E-state index is 13.2. The minimum absolute atomic E-state index is 0.0569. The fourth-order valence-electron chi connectivity index (χ4n) is 4.51. The van der Waals surface area contributed by atoms with E-state index >= 15 is 0 Å². The molecule has 1 saturated heterocycles. The molecule has 0 aliphatic carbocycles. The van der Waals surface area contributed by atoms with Crippen LogP contribution in [-0.2, 0) is 30.4 Å². The van der Waals surface area contributed by atoms with E-state index in [0.717, 1.165) is 22.3 Å². The molecule has 2 aromatic carbocycles. The topological polar surface area (TPSA) is 82.1 Å². The summed E-state index contributed by atoms with van der Waals surface area (Å²) in [6.07, 6.45) is -0.726. The zero-order valence-electron chi connectivity index (χ0n) is 21.1. The molecular formula is C29H33NO6. The Kier molecular flexibility index (Phi) is 9.06. The number of esters is 2. The Morgan fingerprint density at radius 2 is 1.61 bits per heavy atom. The third-order valence-corrected chi connectivity index (χ3v) is 6.45. The predicted octanol–water partition coefficient (Wildman–Crippen LogP) is 5.11. The first-order valence-corrected chi connectivity index (χ1v) is 11.9. The highest BCUT2D eigenvalue weighted by atomic mass is 16.6. The molecule has 2 aromatic rings. The molecule has 0 saturated carbocycles. The van der Waals surface area contributed by atoms with Gasteiger partial charge in [0.2, 0.25) is 0 Å². The van der Waals surface area contributed by atoms with Gasteiger partial charge in [0.25, 0.3) is 0 Å². The van der Waals surface area contributed by atoms with Crippen LogP contribution in [0.15, 0.2) is 67.8 Å². The van der Waals surface area contributed by atoms with Crippen molar-refractivity contribution in [2.75, 3.05) is 20.3 Å². The van der Waals surface area contributed by atoms with Crippen molar-refractivity contribution < 1.29 is 28.6 Å². The largest absolute Gasteiger partial charge is 0.469 e. The maximum Gasteiger partial charge on any atom is 0.410 e. The number of rotatable bonds is 9. The highest BCUT2D eigenvalue weighted by Gasteiger charge is 2.51. The third kappa shape index (κ3) is 6.22. The molecule has 7 nitrogen and oxygen atoms in total. The van der Waals surface area contributed by atoms with Crippen LogP contribution in [0.5, 0.6) is 0 Å². The molecule has 1 amide bonds. The lowest BCUT2D eigenvalue weighted by atomic mass is 9.80. The van der Waals surface area contributed by atoms with Crippen LogP contribution in [0.1, 0.15) is 37.0 Å². The van der Waals surface area contributed by atoms with Gasteiger partial charge in [-0.2, -0.15) is 0 Å². The summed E-state index contributed by atoms with van der Waals surface area (Å²) in [5, 5.41) is 0. The molecule has 1 heterocycles. The molecule has 0 radical (unpaired) electrons. The molecule has 0 aromatic heterocycles. The van der Waals surface area contributed by atoms with E-state index in [1.54, 1.807) is 6.92 Å². The summed E-state index contributed by atoms with van der Waals surface area (Å²) in [6.45, 7) is 12.2. The van der Waals surface area contributed by atoms with E-state index in [1.807, 2.05) is 61.5 Å². The Bertz CT molecular complexity index is 1110. The Labute approximate surface area is 212 Å². The summed E-state index contributed by atoms with van der Waals surface area (Å²) >= 11 is 0. The van der Waals surface area contributed by atoms with Gasteiger partial charge in [-0.05, 0) is 36.1 Å². The summed E-state index contributed by atoms with van der Waals surface area (Å²) in [6, 6.07) is 16.0. The van der Waals surface area contributed by atoms with Gasteiger partial charge in [0.15, 0.2) is 0 Å². The molecular weight excluding hydrogens is 458 g/mol. The quantitative estimate of drug-likeness (QED) is 0.358. The standard InChI is InChI=1S/C29H33NO6/c1-6-35-28(32)27-24(16-26(31)34-5)25(20(4)23-14-12-22(13-15-23)19(2)3)17-30(27)29(33)36-18-21-10-8-7-9-11-21/h7-15,24-25,27H,2,4,6,16-18H2,1,3,5H3/t24-,25+,27-/m0/s1. The minimum Gasteiger partial charge on any atom is -0.469 e. The van der Waals surface area contributed by atoms with Crippen LogP contribution in [0.25, 0.3) is 11.1 Å². The average Bonchev–Trinajstić information content (AvgIpc) is 3.26. The van der Waals surface area contributed by atoms with Crippen molar-refractivity contribution in [2.24, 2.45) is 11.8 Å². The zero-order chi connectivity index (χ0) is 26.2. The van der Waals surface area contributed by atoms with Crippen molar-refractivity contribution in [3.63, 3.8) is 0 Å². The monoisotopic (exact) mass is 491 g/mol. The van der Waals surface area contributed by atoms with Crippen molar-refractivity contribution in [2.45, 2.75) is 32.9 Å². The molecule has 1 aliphatic rings. The summed E-state index contributed by atoms with van der Waals surface area (Å²) in [4.78, 5) is 40.0. The Morgan fingerprint density at radius 3 is 2.19 bits per heavy atom. The Morgan fingerprint density at radius 1 is 0.972 bits per heavy atom. The Balaban J connectivity index is 1.92. The zero-order valence-corrected chi connectivity index (χ0v) is 21.1. The first-order chi connectivity index (χ1) is 17.3. The van der Waals surface area contributed by atoms with Gasteiger partial charge in [-0.15, -0.1) is 0 Å². The summed E-state index contributed by atoms with van der Waals surface area (Å²) in [5.41, 5.74) is 4.32. The van der Waals surface area contributed by atoms with E-state index in [-0.39, 0.29) is 26.2 Å². The van der Waals surface area contributed by atoms with Crippen LogP contribution >= 0.6 is 0 Å². The maximum atomic E-state index is 13.2. The molecule has 0 unspecified atom stereocenters. The van der Waals surface area contributed by atoms with Gasteiger partial charge in [-0.1, -0.05) is 73.3 Å². The highest BCUT2D eigenvalue weighted by Crippen LogP contribution is 2.41. The van der Waals surface area contributed by atoms with Crippen molar-refractivity contribution in [1.82, 2.24) is 4.90 Å².